The third-order valence-corrected chi connectivity index (χ3v) is 2.87. The average Bonchev–Trinajstić information content (AvgIpc) is 3.07. The van der Waals surface area contributed by atoms with Crippen LogP contribution >= 0.6 is 12.2 Å². The highest BCUT2D eigenvalue weighted by molar-refractivity contribution is 7.71. The van der Waals surface area contributed by atoms with Crippen molar-refractivity contribution in [1.29, 1.82) is 0 Å². The smallest absolute Gasteiger partial charge is 0.216 e. The summed E-state index contributed by atoms with van der Waals surface area (Å²) in [5.74, 6) is 0.472. The van der Waals surface area contributed by atoms with Crippen molar-refractivity contribution in [1.82, 2.24) is 14.9 Å². The van der Waals surface area contributed by atoms with Crippen molar-refractivity contribution in [2.24, 2.45) is 5.10 Å². The van der Waals surface area contributed by atoms with E-state index in [1.807, 2.05) is 0 Å². The maximum atomic E-state index is 13.8. The first-order valence-corrected chi connectivity index (χ1v) is 6.17. The van der Waals surface area contributed by atoms with E-state index in [4.69, 9.17) is 16.6 Å². The summed E-state index contributed by atoms with van der Waals surface area (Å²) in [6.45, 7) is 0. The third-order valence-electron chi connectivity index (χ3n) is 2.61. The molecule has 5 nitrogen and oxygen atoms in total. The Morgan fingerprint density at radius 1 is 1.30 bits per heavy atom. The minimum atomic E-state index is -0.393. The SMILES string of the molecule is Fc1ccccc1-c1n[nH]c(=S)n1/N=C\c1ccco1. The van der Waals surface area contributed by atoms with E-state index in [9.17, 15) is 4.39 Å². The molecule has 3 rings (SSSR count). The van der Waals surface area contributed by atoms with Crippen LogP contribution in [-0.2, 0) is 0 Å². The number of furan rings is 1. The van der Waals surface area contributed by atoms with Gasteiger partial charge in [0.05, 0.1) is 18.0 Å². The molecule has 1 aromatic carbocycles. The Morgan fingerprint density at radius 2 is 2.15 bits per heavy atom. The quantitative estimate of drug-likeness (QED) is 0.594. The molecule has 0 unspecified atom stereocenters. The van der Waals surface area contributed by atoms with Crippen molar-refractivity contribution in [3.63, 3.8) is 0 Å². The molecule has 0 amide bonds. The molecule has 0 radical (unpaired) electrons. The summed E-state index contributed by atoms with van der Waals surface area (Å²) in [6, 6.07) is 9.78. The van der Waals surface area contributed by atoms with Gasteiger partial charge in [0.1, 0.15) is 11.6 Å². The molecule has 20 heavy (non-hydrogen) atoms. The highest BCUT2D eigenvalue weighted by atomic mass is 32.1. The van der Waals surface area contributed by atoms with Gasteiger partial charge >= 0.3 is 0 Å². The monoisotopic (exact) mass is 288 g/mol. The van der Waals surface area contributed by atoms with Crippen LogP contribution in [0.4, 0.5) is 4.39 Å². The molecule has 0 aliphatic carbocycles. The molecule has 7 heteroatoms. The molecule has 2 aromatic heterocycles. The summed E-state index contributed by atoms with van der Waals surface area (Å²) in [5, 5.41) is 10.8. The van der Waals surface area contributed by atoms with Crippen LogP contribution < -0.4 is 0 Å². The first-order valence-electron chi connectivity index (χ1n) is 5.76. The first kappa shape index (κ1) is 12.5. The second-order valence-corrected chi connectivity index (χ2v) is 4.29. The molecule has 0 aliphatic heterocycles. The average molecular weight is 288 g/mol. The second-order valence-electron chi connectivity index (χ2n) is 3.90. The topological polar surface area (TPSA) is 59.1 Å². The van der Waals surface area contributed by atoms with Gasteiger partial charge in [-0.3, -0.25) is 0 Å². The lowest BCUT2D eigenvalue weighted by atomic mass is 10.2. The molecule has 0 atom stereocenters. The zero-order chi connectivity index (χ0) is 13.9. The summed E-state index contributed by atoms with van der Waals surface area (Å²) in [6.07, 6.45) is 3.02. The lowest BCUT2D eigenvalue weighted by Crippen LogP contribution is -1.96. The molecule has 3 aromatic rings. The standard InChI is InChI=1S/C13H9FN4OS/c14-11-6-2-1-5-10(11)12-16-17-13(20)18(12)15-8-9-4-3-7-19-9/h1-8H,(H,17,20)/b15-8-. The van der Waals surface area contributed by atoms with Crippen molar-refractivity contribution in [2.45, 2.75) is 0 Å². The van der Waals surface area contributed by atoms with Gasteiger partial charge in [-0.05, 0) is 36.5 Å². The summed E-state index contributed by atoms with van der Waals surface area (Å²) >= 11 is 5.09. The van der Waals surface area contributed by atoms with E-state index in [0.29, 0.717) is 17.1 Å². The number of H-pyrrole nitrogens is 1. The number of hydrogen-bond acceptors (Lipinski definition) is 4. The Balaban J connectivity index is 2.07. The van der Waals surface area contributed by atoms with Gasteiger partial charge < -0.3 is 4.42 Å². The lowest BCUT2D eigenvalue weighted by Gasteiger charge is -2.01. The molecule has 0 saturated heterocycles. The highest BCUT2D eigenvalue weighted by Crippen LogP contribution is 2.20. The normalized spacial score (nSPS) is 11.2. The Kier molecular flexibility index (Phi) is 3.26. The van der Waals surface area contributed by atoms with Crippen molar-refractivity contribution < 1.29 is 8.81 Å². The molecule has 100 valence electrons. The molecular formula is C13H9FN4OS. The zero-order valence-corrected chi connectivity index (χ0v) is 11.0. The third kappa shape index (κ3) is 2.30. The van der Waals surface area contributed by atoms with Crippen molar-refractivity contribution in [3.8, 4) is 11.4 Å². The van der Waals surface area contributed by atoms with Gasteiger partial charge in [0, 0.05) is 0 Å². The highest BCUT2D eigenvalue weighted by Gasteiger charge is 2.12. The summed E-state index contributed by atoms with van der Waals surface area (Å²) in [7, 11) is 0. The number of nitrogens with one attached hydrogen (secondary N) is 1. The maximum absolute atomic E-state index is 13.8. The minimum Gasteiger partial charge on any atom is -0.463 e. The van der Waals surface area contributed by atoms with E-state index in [2.05, 4.69) is 15.3 Å². The predicted molar refractivity (Wildman–Crippen MR) is 74.5 cm³/mol. The van der Waals surface area contributed by atoms with Gasteiger partial charge in [-0.1, -0.05) is 12.1 Å². The zero-order valence-electron chi connectivity index (χ0n) is 10.2. The van der Waals surface area contributed by atoms with Crippen LogP contribution in [0.25, 0.3) is 11.4 Å². The van der Waals surface area contributed by atoms with Crippen LogP contribution in [0.3, 0.4) is 0 Å². The number of hydrogen-bond donors (Lipinski definition) is 1. The van der Waals surface area contributed by atoms with Gasteiger partial charge in [-0.25, -0.2) is 9.49 Å². The van der Waals surface area contributed by atoms with E-state index in [-0.39, 0.29) is 4.77 Å². The molecular weight excluding hydrogens is 279 g/mol. The van der Waals surface area contributed by atoms with E-state index >= 15 is 0 Å². The van der Waals surface area contributed by atoms with Gasteiger partial charge in [0.15, 0.2) is 5.82 Å². The van der Waals surface area contributed by atoms with Gasteiger partial charge in [-0.15, -0.1) is 0 Å². The van der Waals surface area contributed by atoms with Crippen molar-refractivity contribution >= 4 is 18.4 Å². The minimum absolute atomic E-state index is 0.269. The van der Waals surface area contributed by atoms with Crippen LogP contribution in [0.5, 0.6) is 0 Å². The number of benzene rings is 1. The van der Waals surface area contributed by atoms with Crippen LogP contribution in [0.1, 0.15) is 5.76 Å². The number of nitrogens with zero attached hydrogens (tertiary/aromatic N) is 3. The molecule has 1 N–H and O–H groups in total. The number of rotatable bonds is 3. The predicted octanol–water partition coefficient (Wildman–Crippen LogP) is 3.22. The number of aromatic amines is 1. The van der Waals surface area contributed by atoms with Crippen molar-refractivity contribution in [2.75, 3.05) is 0 Å². The van der Waals surface area contributed by atoms with E-state index in [0.717, 1.165) is 0 Å². The molecule has 0 saturated carbocycles. The molecule has 0 bridgehead atoms. The Bertz CT molecular complexity index is 804. The summed E-state index contributed by atoms with van der Waals surface area (Å²) < 4.78 is 20.6. The fourth-order valence-electron chi connectivity index (χ4n) is 1.70. The van der Waals surface area contributed by atoms with Crippen LogP contribution in [0.2, 0.25) is 0 Å². The molecule has 0 fully saturated rings. The summed E-state index contributed by atoms with van der Waals surface area (Å²) in [4.78, 5) is 0. The molecule has 0 aliphatic rings. The van der Waals surface area contributed by atoms with Crippen LogP contribution in [-0.4, -0.2) is 21.1 Å². The fraction of sp³-hybridized carbons (Fsp3) is 0. The second kappa shape index (κ2) is 5.22. The van der Waals surface area contributed by atoms with Crippen LogP contribution in [0, 0.1) is 10.6 Å². The van der Waals surface area contributed by atoms with Gasteiger partial charge in [0.2, 0.25) is 4.77 Å². The van der Waals surface area contributed by atoms with E-state index in [1.54, 1.807) is 30.3 Å². The number of halogens is 1. The largest absolute Gasteiger partial charge is 0.463 e. The van der Waals surface area contributed by atoms with E-state index in [1.165, 1.54) is 23.2 Å². The lowest BCUT2D eigenvalue weighted by molar-refractivity contribution is 0.559. The maximum Gasteiger partial charge on any atom is 0.216 e. The van der Waals surface area contributed by atoms with Gasteiger partial charge in [-0.2, -0.15) is 14.9 Å². The van der Waals surface area contributed by atoms with Crippen LogP contribution in [0.15, 0.2) is 52.2 Å². The first-order chi connectivity index (χ1) is 9.75. The fourth-order valence-corrected chi connectivity index (χ4v) is 1.87. The number of aromatic nitrogens is 3. The summed E-state index contributed by atoms with van der Waals surface area (Å²) in [5.41, 5.74) is 0.316. The van der Waals surface area contributed by atoms with E-state index < -0.39 is 5.82 Å². The van der Waals surface area contributed by atoms with Gasteiger partial charge in [0.25, 0.3) is 0 Å². The Hall–Kier alpha value is -2.54. The van der Waals surface area contributed by atoms with Crippen molar-refractivity contribution in [3.05, 3.63) is 59.0 Å². The molecule has 2 heterocycles. The molecule has 0 spiro atoms. The Labute approximate surface area is 118 Å². The Morgan fingerprint density at radius 3 is 2.90 bits per heavy atom.